The van der Waals surface area contributed by atoms with Crippen molar-refractivity contribution in [2.45, 2.75) is 63.8 Å². The Hall–Kier alpha value is -0.770. The minimum atomic E-state index is 0.646. The van der Waals surface area contributed by atoms with Crippen molar-refractivity contribution in [2.75, 3.05) is 34.2 Å². The predicted octanol–water partition coefficient (Wildman–Crippen LogP) is 2.61. The van der Waals surface area contributed by atoms with Crippen LogP contribution in [0.1, 0.15) is 57.8 Å². The van der Waals surface area contributed by atoms with E-state index in [2.05, 4.69) is 34.6 Å². The quantitative estimate of drug-likeness (QED) is 0.388. The monoisotopic (exact) mass is 282 g/mol. The fourth-order valence-electron chi connectivity index (χ4n) is 2.75. The standard InChI is InChI=1S/C16H34N4/c1-17-16(19-15-11-7-8-12-15)18-13-9-5-4-6-10-14-20(2)3/h15H,4-14H2,1-3H3,(H2,17,18,19). The summed E-state index contributed by atoms with van der Waals surface area (Å²) in [6, 6.07) is 0.646. The normalized spacial score (nSPS) is 16.9. The number of hydrogen-bond acceptors (Lipinski definition) is 2. The Labute approximate surface area is 125 Å². The van der Waals surface area contributed by atoms with Crippen molar-refractivity contribution < 1.29 is 0 Å². The van der Waals surface area contributed by atoms with Crippen LogP contribution in [0.15, 0.2) is 4.99 Å². The highest BCUT2D eigenvalue weighted by molar-refractivity contribution is 5.79. The van der Waals surface area contributed by atoms with Crippen molar-refractivity contribution in [3.63, 3.8) is 0 Å². The molecule has 0 spiro atoms. The van der Waals surface area contributed by atoms with Gasteiger partial charge in [0.05, 0.1) is 0 Å². The summed E-state index contributed by atoms with van der Waals surface area (Å²) in [6.45, 7) is 2.26. The van der Waals surface area contributed by atoms with Crippen LogP contribution in [0, 0.1) is 0 Å². The summed E-state index contributed by atoms with van der Waals surface area (Å²) in [5.41, 5.74) is 0. The minimum Gasteiger partial charge on any atom is -0.356 e. The summed E-state index contributed by atoms with van der Waals surface area (Å²) >= 11 is 0. The van der Waals surface area contributed by atoms with Crippen molar-refractivity contribution in [1.82, 2.24) is 15.5 Å². The van der Waals surface area contributed by atoms with Crippen LogP contribution in [0.25, 0.3) is 0 Å². The molecule has 0 bridgehead atoms. The fraction of sp³-hybridized carbons (Fsp3) is 0.938. The van der Waals surface area contributed by atoms with E-state index in [0.717, 1.165) is 12.5 Å². The van der Waals surface area contributed by atoms with Crippen LogP contribution in [0.5, 0.6) is 0 Å². The summed E-state index contributed by atoms with van der Waals surface area (Å²) < 4.78 is 0. The first kappa shape index (κ1) is 17.3. The van der Waals surface area contributed by atoms with Gasteiger partial charge in [0.2, 0.25) is 0 Å². The molecule has 0 radical (unpaired) electrons. The maximum atomic E-state index is 4.31. The Morgan fingerprint density at radius 2 is 1.70 bits per heavy atom. The van der Waals surface area contributed by atoms with E-state index in [-0.39, 0.29) is 0 Å². The van der Waals surface area contributed by atoms with Crippen LogP contribution in [-0.2, 0) is 0 Å². The van der Waals surface area contributed by atoms with Gasteiger partial charge in [-0.3, -0.25) is 4.99 Å². The highest BCUT2D eigenvalue weighted by atomic mass is 15.2. The summed E-state index contributed by atoms with van der Waals surface area (Å²) in [5.74, 6) is 0.990. The first-order valence-corrected chi connectivity index (χ1v) is 8.34. The van der Waals surface area contributed by atoms with Gasteiger partial charge in [-0.05, 0) is 46.3 Å². The van der Waals surface area contributed by atoms with Gasteiger partial charge in [-0.25, -0.2) is 0 Å². The lowest BCUT2D eigenvalue weighted by Crippen LogP contribution is -2.42. The average molecular weight is 282 g/mol. The van der Waals surface area contributed by atoms with E-state index in [1.165, 1.54) is 64.3 Å². The molecule has 0 aromatic rings. The molecule has 20 heavy (non-hydrogen) atoms. The van der Waals surface area contributed by atoms with Gasteiger partial charge in [0.1, 0.15) is 0 Å². The first-order valence-electron chi connectivity index (χ1n) is 8.34. The number of nitrogens with one attached hydrogen (secondary N) is 2. The maximum Gasteiger partial charge on any atom is 0.191 e. The van der Waals surface area contributed by atoms with Crippen molar-refractivity contribution in [1.29, 1.82) is 0 Å². The van der Waals surface area contributed by atoms with Gasteiger partial charge < -0.3 is 15.5 Å². The van der Waals surface area contributed by atoms with Crippen LogP contribution < -0.4 is 10.6 Å². The van der Waals surface area contributed by atoms with E-state index in [4.69, 9.17) is 0 Å². The molecule has 0 aromatic carbocycles. The van der Waals surface area contributed by atoms with Crippen LogP contribution in [0.2, 0.25) is 0 Å². The molecular formula is C16H34N4. The lowest BCUT2D eigenvalue weighted by Gasteiger charge is -2.16. The molecule has 1 saturated carbocycles. The summed E-state index contributed by atoms with van der Waals surface area (Å²) in [6.07, 6.45) is 11.9. The van der Waals surface area contributed by atoms with Crippen LogP contribution in [0.3, 0.4) is 0 Å². The van der Waals surface area contributed by atoms with Crippen LogP contribution in [0.4, 0.5) is 0 Å². The van der Waals surface area contributed by atoms with Gasteiger partial charge in [-0.1, -0.05) is 32.1 Å². The predicted molar refractivity (Wildman–Crippen MR) is 88.4 cm³/mol. The Kier molecular flexibility index (Phi) is 9.46. The lowest BCUT2D eigenvalue weighted by molar-refractivity contribution is 0.389. The number of guanidine groups is 1. The third-order valence-electron chi connectivity index (χ3n) is 3.99. The van der Waals surface area contributed by atoms with E-state index >= 15 is 0 Å². The molecule has 1 aliphatic carbocycles. The molecule has 1 aliphatic rings. The van der Waals surface area contributed by atoms with Crippen molar-refractivity contribution >= 4 is 5.96 Å². The zero-order chi connectivity index (χ0) is 14.6. The smallest absolute Gasteiger partial charge is 0.191 e. The largest absolute Gasteiger partial charge is 0.356 e. The zero-order valence-electron chi connectivity index (χ0n) is 13.7. The van der Waals surface area contributed by atoms with E-state index in [0.29, 0.717) is 6.04 Å². The summed E-state index contributed by atoms with van der Waals surface area (Å²) in [5, 5.41) is 6.96. The third-order valence-corrected chi connectivity index (χ3v) is 3.99. The highest BCUT2D eigenvalue weighted by Gasteiger charge is 2.15. The van der Waals surface area contributed by atoms with Gasteiger partial charge in [-0.15, -0.1) is 0 Å². The van der Waals surface area contributed by atoms with Gasteiger partial charge >= 0.3 is 0 Å². The lowest BCUT2D eigenvalue weighted by atomic mass is 10.1. The van der Waals surface area contributed by atoms with Crippen LogP contribution in [-0.4, -0.2) is 51.1 Å². The average Bonchev–Trinajstić information content (AvgIpc) is 2.93. The van der Waals surface area contributed by atoms with Gasteiger partial charge in [0.25, 0.3) is 0 Å². The molecule has 0 aliphatic heterocycles. The molecule has 1 rings (SSSR count). The molecule has 118 valence electrons. The molecule has 0 amide bonds. The SMILES string of the molecule is CN=C(NCCCCCCCN(C)C)NC1CCCC1. The second-order valence-electron chi connectivity index (χ2n) is 6.20. The second kappa shape index (κ2) is 11.0. The number of rotatable bonds is 9. The Balaban J connectivity index is 1.93. The molecular weight excluding hydrogens is 248 g/mol. The molecule has 1 fully saturated rings. The topological polar surface area (TPSA) is 39.7 Å². The molecule has 0 heterocycles. The number of unbranched alkanes of at least 4 members (excludes halogenated alkanes) is 4. The van der Waals surface area contributed by atoms with Crippen molar-refractivity contribution in [2.24, 2.45) is 4.99 Å². The number of nitrogens with zero attached hydrogens (tertiary/aromatic N) is 2. The first-order chi connectivity index (χ1) is 9.72. The van der Waals surface area contributed by atoms with E-state index in [1.807, 2.05) is 7.05 Å². The van der Waals surface area contributed by atoms with Gasteiger partial charge in [-0.2, -0.15) is 0 Å². The molecule has 4 nitrogen and oxygen atoms in total. The van der Waals surface area contributed by atoms with Gasteiger partial charge in [0.15, 0.2) is 5.96 Å². The van der Waals surface area contributed by atoms with E-state index in [9.17, 15) is 0 Å². The molecule has 0 atom stereocenters. The molecule has 2 N–H and O–H groups in total. The second-order valence-corrected chi connectivity index (χ2v) is 6.20. The highest BCUT2D eigenvalue weighted by Crippen LogP contribution is 2.17. The van der Waals surface area contributed by atoms with Crippen molar-refractivity contribution in [3.05, 3.63) is 0 Å². The zero-order valence-corrected chi connectivity index (χ0v) is 13.7. The Bertz CT molecular complexity index is 257. The maximum absolute atomic E-state index is 4.31. The molecule has 0 unspecified atom stereocenters. The van der Waals surface area contributed by atoms with Gasteiger partial charge in [0, 0.05) is 19.6 Å². The third kappa shape index (κ3) is 8.41. The minimum absolute atomic E-state index is 0.646. The molecule has 0 aromatic heterocycles. The Morgan fingerprint density at radius 1 is 1.05 bits per heavy atom. The fourth-order valence-corrected chi connectivity index (χ4v) is 2.75. The number of hydrogen-bond donors (Lipinski definition) is 2. The molecule has 4 heteroatoms. The summed E-state index contributed by atoms with van der Waals surface area (Å²) in [7, 11) is 6.16. The van der Waals surface area contributed by atoms with Crippen molar-refractivity contribution in [3.8, 4) is 0 Å². The Morgan fingerprint density at radius 3 is 2.35 bits per heavy atom. The van der Waals surface area contributed by atoms with E-state index in [1.54, 1.807) is 0 Å². The van der Waals surface area contributed by atoms with Crippen LogP contribution >= 0.6 is 0 Å². The number of aliphatic imine (C=N–C) groups is 1. The molecule has 0 saturated heterocycles. The van der Waals surface area contributed by atoms with E-state index < -0.39 is 0 Å². The summed E-state index contributed by atoms with van der Waals surface area (Å²) in [4.78, 5) is 6.57.